The molecule has 1 aromatic heterocycles. The number of rotatable bonds is 4. The fourth-order valence-corrected chi connectivity index (χ4v) is 2.96. The molecule has 1 aliphatic heterocycles. The molecule has 102 valence electrons. The number of aryl methyl sites for hydroxylation is 2. The Bertz CT molecular complexity index is 538. The molecule has 0 bridgehead atoms. The van der Waals surface area contributed by atoms with Crippen molar-refractivity contribution in [3.8, 4) is 0 Å². The van der Waals surface area contributed by atoms with E-state index in [-0.39, 0.29) is 0 Å². The second kappa shape index (κ2) is 5.74. The zero-order valence-electron chi connectivity index (χ0n) is 11.7. The molecule has 1 atom stereocenters. The molecule has 1 fully saturated rings. The molecule has 0 radical (unpaired) electrons. The van der Waals surface area contributed by atoms with Gasteiger partial charge in [-0.05, 0) is 62.4 Å². The first-order valence-electron chi connectivity index (χ1n) is 7.53. The van der Waals surface area contributed by atoms with Gasteiger partial charge < -0.3 is 10.3 Å². The first-order chi connectivity index (χ1) is 9.35. The Hall–Kier alpha value is -1.35. The number of nitrogens with zero attached hydrogens (tertiary/aromatic N) is 1. The molecule has 2 aromatic rings. The highest BCUT2D eigenvalue weighted by Gasteiger charge is 2.13. The van der Waals surface area contributed by atoms with E-state index in [0.29, 0.717) is 0 Å². The molecule has 2 heterocycles. The minimum Gasteiger partial charge on any atom is -0.342 e. The van der Waals surface area contributed by atoms with Gasteiger partial charge in [-0.25, -0.2) is 4.98 Å². The maximum Gasteiger partial charge on any atom is 0.107 e. The van der Waals surface area contributed by atoms with Crippen LogP contribution in [0.1, 0.15) is 37.6 Å². The van der Waals surface area contributed by atoms with E-state index >= 15 is 0 Å². The molecule has 2 N–H and O–H groups in total. The fraction of sp³-hybridized carbons (Fsp3) is 0.562. The molecule has 3 rings (SSSR count). The van der Waals surface area contributed by atoms with Crippen molar-refractivity contribution in [2.75, 3.05) is 13.1 Å². The van der Waals surface area contributed by atoms with Crippen LogP contribution in [0.5, 0.6) is 0 Å². The Morgan fingerprint density at radius 1 is 1.37 bits per heavy atom. The molecule has 1 aromatic carbocycles. The molecular weight excluding hydrogens is 234 g/mol. The van der Waals surface area contributed by atoms with Gasteiger partial charge in [0.05, 0.1) is 11.0 Å². The van der Waals surface area contributed by atoms with Crippen LogP contribution < -0.4 is 5.32 Å². The molecule has 3 heteroatoms. The molecule has 0 amide bonds. The van der Waals surface area contributed by atoms with Gasteiger partial charge in [0.25, 0.3) is 0 Å². The summed E-state index contributed by atoms with van der Waals surface area (Å²) in [6.45, 7) is 4.57. The fourth-order valence-electron chi connectivity index (χ4n) is 2.96. The average molecular weight is 257 g/mol. The van der Waals surface area contributed by atoms with Crippen LogP contribution in [0.15, 0.2) is 18.2 Å². The van der Waals surface area contributed by atoms with Crippen molar-refractivity contribution >= 4 is 11.0 Å². The number of H-pyrrole nitrogens is 1. The predicted molar refractivity (Wildman–Crippen MR) is 79.4 cm³/mol. The molecule has 1 unspecified atom stereocenters. The summed E-state index contributed by atoms with van der Waals surface area (Å²) >= 11 is 0. The van der Waals surface area contributed by atoms with E-state index in [9.17, 15) is 0 Å². The van der Waals surface area contributed by atoms with Crippen LogP contribution in [0.4, 0.5) is 0 Å². The summed E-state index contributed by atoms with van der Waals surface area (Å²) in [5.41, 5.74) is 3.67. The molecule has 0 saturated carbocycles. The third-order valence-electron chi connectivity index (χ3n) is 4.19. The quantitative estimate of drug-likeness (QED) is 0.884. The minimum atomic E-state index is 0.827. The zero-order valence-corrected chi connectivity index (χ0v) is 11.7. The predicted octanol–water partition coefficient (Wildman–Crippen LogP) is 3.06. The smallest absolute Gasteiger partial charge is 0.107 e. The maximum atomic E-state index is 4.70. The lowest BCUT2D eigenvalue weighted by molar-refractivity contribution is 0.356. The molecular formula is C16H23N3. The lowest BCUT2D eigenvalue weighted by atomic mass is 9.95. The van der Waals surface area contributed by atoms with E-state index in [1.807, 2.05) is 0 Å². The molecule has 0 spiro atoms. The third-order valence-corrected chi connectivity index (χ3v) is 4.19. The van der Waals surface area contributed by atoms with Gasteiger partial charge in [0.15, 0.2) is 0 Å². The van der Waals surface area contributed by atoms with Crippen molar-refractivity contribution in [1.82, 2.24) is 15.3 Å². The largest absolute Gasteiger partial charge is 0.342 e. The molecule has 1 saturated heterocycles. The monoisotopic (exact) mass is 257 g/mol. The van der Waals surface area contributed by atoms with Crippen LogP contribution in [0.3, 0.4) is 0 Å². The van der Waals surface area contributed by atoms with Crippen molar-refractivity contribution < 1.29 is 0 Å². The number of aromatic amines is 1. The highest BCUT2D eigenvalue weighted by Crippen LogP contribution is 2.19. The van der Waals surface area contributed by atoms with Crippen molar-refractivity contribution in [2.24, 2.45) is 5.92 Å². The van der Waals surface area contributed by atoms with Crippen LogP contribution in [0.2, 0.25) is 0 Å². The van der Waals surface area contributed by atoms with E-state index < -0.39 is 0 Å². The maximum absolute atomic E-state index is 4.70. The molecule has 0 aliphatic carbocycles. The molecule has 19 heavy (non-hydrogen) atoms. The number of imidazole rings is 1. The van der Waals surface area contributed by atoms with Gasteiger partial charge in [0.1, 0.15) is 5.82 Å². The Kier molecular flexibility index (Phi) is 3.83. The lowest BCUT2D eigenvalue weighted by Crippen LogP contribution is -2.29. The first kappa shape index (κ1) is 12.7. The van der Waals surface area contributed by atoms with Crippen molar-refractivity contribution in [2.45, 2.75) is 39.0 Å². The Morgan fingerprint density at radius 3 is 3.11 bits per heavy atom. The van der Waals surface area contributed by atoms with Crippen LogP contribution in [0, 0.1) is 5.92 Å². The minimum absolute atomic E-state index is 0.827. The van der Waals surface area contributed by atoms with E-state index in [4.69, 9.17) is 4.98 Å². The topological polar surface area (TPSA) is 40.7 Å². The third kappa shape index (κ3) is 2.98. The lowest BCUT2D eigenvalue weighted by Gasteiger charge is -2.22. The van der Waals surface area contributed by atoms with Crippen molar-refractivity contribution in [1.29, 1.82) is 0 Å². The van der Waals surface area contributed by atoms with Crippen LogP contribution in [-0.2, 0) is 12.8 Å². The Balaban J connectivity index is 1.67. The van der Waals surface area contributed by atoms with E-state index in [0.717, 1.165) is 30.1 Å². The number of piperidine rings is 1. The second-order valence-electron chi connectivity index (χ2n) is 5.64. The summed E-state index contributed by atoms with van der Waals surface area (Å²) in [6, 6.07) is 6.54. The van der Waals surface area contributed by atoms with Gasteiger partial charge >= 0.3 is 0 Å². The normalized spacial score (nSPS) is 19.9. The second-order valence-corrected chi connectivity index (χ2v) is 5.64. The number of benzene rings is 1. The summed E-state index contributed by atoms with van der Waals surface area (Å²) in [5.74, 6) is 1.97. The van der Waals surface area contributed by atoms with Gasteiger partial charge in [-0.1, -0.05) is 13.0 Å². The molecule has 3 nitrogen and oxygen atoms in total. The van der Waals surface area contributed by atoms with Crippen molar-refractivity contribution in [3.63, 3.8) is 0 Å². The number of hydrogen-bond donors (Lipinski definition) is 2. The summed E-state index contributed by atoms with van der Waals surface area (Å²) in [7, 11) is 0. The SMILES string of the molecule is CCc1ccc2nc(CCC3CCCNC3)[nH]c2c1. The number of nitrogens with one attached hydrogen (secondary N) is 2. The van der Waals surface area contributed by atoms with Gasteiger partial charge in [-0.2, -0.15) is 0 Å². The van der Waals surface area contributed by atoms with Crippen molar-refractivity contribution in [3.05, 3.63) is 29.6 Å². The van der Waals surface area contributed by atoms with Gasteiger partial charge in [0.2, 0.25) is 0 Å². The average Bonchev–Trinajstić information content (AvgIpc) is 2.88. The van der Waals surface area contributed by atoms with Crippen LogP contribution >= 0.6 is 0 Å². The van der Waals surface area contributed by atoms with E-state index in [2.05, 4.69) is 35.4 Å². The summed E-state index contributed by atoms with van der Waals surface area (Å²) in [4.78, 5) is 8.17. The Labute approximate surface area is 114 Å². The number of aromatic nitrogens is 2. The summed E-state index contributed by atoms with van der Waals surface area (Å²) < 4.78 is 0. The zero-order chi connectivity index (χ0) is 13.1. The van der Waals surface area contributed by atoms with E-state index in [1.165, 1.54) is 43.4 Å². The standard InChI is InChI=1S/C16H23N3/c1-2-12-5-7-14-15(10-12)19-16(18-14)8-6-13-4-3-9-17-11-13/h5,7,10,13,17H,2-4,6,8-9,11H2,1H3,(H,18,19). The highest BCUT2D eigenvalue weighted by molar-refractivity contribution is 5.75. The summed E-state index contributed by atoms with van der Waals surface area (Å²) in [6.07, 6.45) is 6.09. The summed E-state index contributed by atoms with van der Waals surface area (Å²) in [5, 5.41) is 3.48. The van der Waals surface area contributed by atoms with E-state index in [1.54, 1.807) is 0 Å². The number of hydrogen-bond acceptors (Lipinski definition) is 2. The molecule has 1 aliphatic rings. The van der Waals surface area contributed by atoms with Gasteiger partial charge in [0, 0.05) is 6.42 Å². The first-order valence-corrected chi connectivity index (χ1v) is 7.53. The van der Waals surface area contributed by atoms with Gasteiger partial charge in [-0.15, -0.1) is 0 Å². The van der Waals surface area contributed by atoms with Crippen LogP contribution in [0.25, 0.3) is 11.0 Å². The highest BCUT2D eigenvalue weighted by atomic mass is 14.9. The number of fused-ring (bicyclic) bond motifs is 1. The van der Waals surface area contributed by atoms with Crippen LogP contribution in [-0.4, -0.2) is 23.1 Å². The Morgan fingerprint density at radius 2 is 2.32 bits per heavy atom. The van der Waals surface area contributed by atoms with Gasteiger partial charge in [-0.3, -0.25) is 0 Å².